The molecule has 1 aromatic carbocycles. The van der Waals surface area contributed by atoms with Crippen LogP contribution in [0.5, 0.6) is 0 Å². The zero-order valence-corrected chi connectivity index (χ0v) is 12.0. The molecule has 0 aliphatic heterocycles. The molecular formula is C16H21N3O. The van der Waals surface area contributed by atoms with Crippen molar-refractivity contribution in [3.05, 3.63) is 54.1 Å². The number of nitrogens with one attached hydrogen (secondary N) is 1. The quantitative estimate of drug-likeness (QED) is 0.878. The molecule has 20 heavy (non-hydrogen) atoms. The number of H-pyrrole nitrogens is 1. The third-order valence-corrected chi connectivity index (χ3v) is 3.30. The minimum Gasteiger partial charge on any atom is -0.348 e. The van der Waals surface area contributed by atoms with Gasteiger partial charge in [-0.25, -0.2) is 4.98 Å². The van der Waals surface area contributed by atoms with E-state index in [4.69, 9.17) is 0 Å². The van der Waals surface area contributed by atoms with E-state index in [1.807, 2.05) is 23.1 Å². The van der Waals surface area contributed by atoms with Gasteiger partial charge in [0.15, 0.2) is 0 Å². The van der Waals surface area contributed by atoms with E-state index in [0.29, 0.717) is 19.4 Å². The Labute approximate surface area is 119 Å². The number of hydrogen-bond donors (Lipinski definition) is 1. The van der Waals surface area contributed by atoms with Crippen LogP contribution in [0, 0.1) is 0 Å². The normalized spacial score (nSPS) is 10.8. The van der Waals surface area contributed by atoms with E-state index in [2.05, 4.69) is 35.9 Å². The van der Waals surface area contributed by atoms with Crippen LogP contribution in [0.1, 0.15) is 31.5 Å². The fourth-order valence-electron chi connectivity index (χ4n) is 2.15. The minimum absolute atomic E-state index is 0.179. The van der Waals surface area contributed by atoms with Gasteiger partial charge in [-0.2, -0.15) is 0 Å². The molecule has 0 bridgehead atoms. The summed E-state index contributed by atoms with van der Waals surface area (Å²) < 4.78 is 0. The van der Waals surface area contributed by atoms with E-state index in [1.54, 1.807) is 12.5 Å². The third-order valence-electron chi connectivity index (χ3n) is 3.30. The van der Waals surface area contributed by atoms with Gasteiger partial charge in [-0.05, 0) is 25.8 Å². The highest BCUT2D eigenvalue weighted by Crippen LogP contribution is 2.11. The average molecular weight is 271 g/mol. The Kier molecular flexibility index (Phi) is 4.93. The molecule has 0 aliphatic rings. The minimum atomic E-state index is 0.179. The molecule has 0 radical (unpaired) electrons. The predicted molar refractivity (Wildman–Crippen MR) is 79.0 cm³/mol. The summed E-state index contributed by atoms with van der Waals surface area (Å²) in [5, 5.41) is 0. The summed E-state index contributed by atoms with van der Waals surface area (Å²) in [6.07, 6.45) is 4.62. The summed E-state index contributed by atoms with van der Waals surface area (Å²) in [5.41, 5.74) is 2.16. The van der Waals surface area contributed by atoms with Crippen molar-refractivity contribution in [1.29, 1.82) is 0 Å². The van der Waals surface area contributed by atoms with Gasteiger partial charge in [0.25, 0.3) is 0 Å². The lowest BCUT2D eigenvalue weighted by molar-refractivity contribution is -0.133. The van der Waals surface area contributed by atoms with Gasteiger partial charge in [0, 0.05) is 30.9 Å². The standard InChI is InChI=1S/C16H21N3O/c1-13(2)19(11-14-6-4-3-5-7-14)16(20)9-8-15-10-17-12-18-15/h3-7,10,12-13H,8-9,11H2,1-2H3,(H,17,18). The van der Waals surface area contributed by atoms with Gasteiger partial charge in [-0.1, -0.05) is 30.3 Å². The molecule has 0 fully saturated rings. The van der Waals surface area contributed by atoms with Gasteiger partial charge < -0.3 is 9.88 Å². The molecule has 4 nitrogen and oxygen atoms in total. The molecule has 1 amide bonds. The van der Waals surface area contributed by atoms with Gasteiger partial charge >= 0.3 is 0 Å². The number of amides is 1. The molecule has 1 heterocycles. The van der Waals surface area contributed by atoms with Crippen molar-refractivity contribution >= 4 is 5.91 Å². The molecule has 0 atom stereocenters. The fraction of sp³-hybridized carbons (Fsp3) is 0.375. The van der Waals surface area contributed by atoms with E-state index in [1.165, 1.54) is 0 Å². The topological polar surface area (TPSA) is 49.0 Å². The first-order chi connectivity index (χ1) is 9.66. The molecule has 0 spiro atoms. The first-order valence-electron chi connectivity index (χ1n) is 6.97. The summed E-state index contributed by atoms with van der Waals surface area (Å²) in [4.78, 5) is 21.3. The van der Waals surface area contributed by atoms with Crippen molar-refractivity contribution < 1.29 is 4.79 Å². The number of carbonyl (C=O) groups is 1. The number of benzene rings is 1. The van der Waals surface area contributed by atoms with E-state index in [9.17, 15) is 4.79 Å². The predicted octanol–water partition coefficient (Wildman–Crippen LogP) is 2.78. The maximum absolute atomic E-state index is 12.4. The number of carbonyl (C=O) groups excluding carboxylic acids is 1. The number of aromatic nitrogens is 2. The monoisotopic (exact) mass is 271 g/mol. The van der Waals surface area contributed by atoms with Crippen LogP contribution in [0.2, 0.25) is 0 Å². The highest BCUT2D eigenvalue weighted by molar-refractivity contribution is 5.76. The summed E-state index contributed by atoms with van der Waals surface area (Å²) >= 11 is 0. The maximum Gasteiger partial charge on any atom is 0.223 e. The largest absolute Gasteiger partial charge is 0.348 e. The van der Waals surface area contributed by atoms with E-state index in [0.717, 1.165) is 11.3 Å². The second-order valence-corrected chi connectivity index (χ2v) is 5.18. The Bertz CT molecular complexity index is 520. The third kappa shape index (κ3) is 3.95. The molecule has 0 saturated carbocycles. The van der Waals surface area contributed by atoms with Crippen molar-refractivity contribution in [3.63, 3.8) is 0 Å². The van der Waals surface area contributed by atoms with Gasteiger partial charge in [-0.3, -0.25) is 4.79 Å². The van der Waals surface area contributed by atoms with Crippen LogP contribution in [-0.4, -0.2) is 26.8 Å². The van der Waals surface area contributed by atoms with Crippen LogP contribution < -0.4 is 0 Å². The molecule has 0 unspecified atom stereocenters. The van der Waals surface area contributed by atoms with E-state index >= 15 is 0 Å². The molecule has 0 saturated heterocycles. The van der Waals surface area contributed by atoms with Gasteiger partial charge in [-0.15, -0.1) is 0 Å². The Balaban J connectivity index is 1.95. The van der Waals surface area contributed by atoms with E-state index < -0.39 is 0 Å². The molecule has 1 N–H and O–H groups in total. The number of hydrogen-bond acceptors (Lipinski definition) is 2. The van der Waals surface area contributed by atoms with Crippen LogP contribution in [0.3, 0.4) is 0 Å². The first kappa shape index (κ1) is 14.3. The summed E-state index contributed by atoms with van der Waals surface area (Å²) in [7, 11) is 0. The van der Waals surface area contributed by atoms with Gasteiger partial charge in [0.05, 0.1) is 6.33 Å². The second kappa shape index (κ2) is 6.89. The van der Waals surface area contributed by atoms with Crippen molar-refractivity contribution in [3.8, 4) is 0 Å². The summed E-state index contributed by atoms with van der Waals surface area (Å²) in [5.74, 6) is 0.179. The highest BCUT2D eigenvalue weighted by Gasteiger charge is 2.17. The average Bonchev–Trinajstić information content (AvgIpc) is 2.96. The number of aryl methyl sites for hydroxylation is 1. The zero-order valence-electron chi connectivity index (χ0n) is 12.0. The molecule has 2 rings (SSSR count). The number of imidazole rings is 1. The maximum atomic E-state index is 12.4. The van der Waals surface area contributed by atoms with Gasteiger partial charge in [0.1, 0.15) is 0 Å². The van der Waals surface area contributed by atoms with Gasteiger partial charge in [0.2, 0.25) is 5.91 Å². The van der Waals surface area contributed by atoms with Crippen molar-refractivity contribution in [1.82, 2.24) is 14.9 Å². The van der Waals surface area contributed by atoms with Crippen molar-refractivity contribution in [2.45, 2.75) is 39.3 Å². The fourth-order valence-corrected chi connectivity index (χ4v) is 2.15. The molecule has 4 heteroatoms. The molecular weight excluding hydrogens is 250 g/mol. The lowest BCUT2D eigenvalue weighted by Gasteiger charge is -2.27. The molecule has 2 aromatic rings. The van der Waals surface area contributed by atoms with Crippen molar-refractivity contribution in [2.24, 2.45) is 0 Å². The second-order valence-electron chi connectivity index (χ2n) is 5.18. The van der Waals surface area contributed by atoms with Crippen LogP contribution >= 0.6 is 0 Å². The lowest BCUT2D eigenvalue weighted by atomic mass is 10.1. The Hall–Kier alpha value is -2.10. The molecule has 106 valence electrons. The number of nitrogens with zero attached hydrogens (tertiary/aromatic N) is 2. The van der Waals surface area contributed by atoms with Crippen LogP contribution in [0.4, 0.5) is 0 Å². The molecule has 0 aliphatic carbocycles. The van der Waals surface area contributed by atoms with E-state index in [-0.39, 0.29) is 11.9 Å². The summed E-state index contributed by atoms with van der Waals surface area (Å²) in [6, 6.07) is 10.3. The number of rotatable bonds is 6. The Morgan fingerprint density at radius 1 is 1.30 bits per heavy atom. The zero-order chi connectivity index (χ0) is 14.4. The van der Waals surface area contributed by atoms with Crippen LogP contribution in [0.25, 0.3) is 0 Å². The van der Waals surface area contributed by atoms with Crippen molar-refractivity contribution in [2.75, 3.05) is 0 Å². The smallest absolute Gasteiger partial charge is 0.223 e. The SMILES string of the molecule is CC(C)N(Cc1ccccc1)C(=O)CCc1cnc[nH]1. The van der Waals surface area contributed by atoms with Crippen LogP contribution in [-0.2, 0) is 17.8 Å². The first-order valence-corrected chi connectivity index (χ1v) is 6.97. The Morgan fingerprint density at radius 3 is 2.65 bits per heavy atom. The van der Waals surface area contributed by atoms with Crippen LogP contribution in [0.15, 0.2) is 42.9 Å². The highest BCUT2D eigenvalue weighted by atomic mass is 16.2. The Morgan fingerprint density at radius 2 is 2.05 bits per heavy atom. The number of aromatic amines is 1. The summed E-state index contributed by atoms with van der Waals surface area (Å²) in [6.45, 7) is 4.77. The lowest BCUT2D eigenvalue weighted by Crippen LogP contribution is -2.36. The molecule has 1 aromatic heterocycles.